The van der Waals surface area contributed by atoms with Crippen LogP contribution in [0.5, 0.6) is 0 Å². The average molecular weight is 274 g/mol. The van der Waals surface area contributed by atoms with Crippen LogP contribution in [-0.2, 0) is 19.5 Å². The molecule has 0 saturated carbocycles. The number of hydrogen-bond acceptors (Lipinski definition) is 3. The minimum absolute atomic E-state index is 0.102. The number of nitriles is 1. The van der Waals surface area contributed by atoms with Gasteiger partial charge in [-0.15, -0.1) is 11.3 Å². The van der Waals surface area contributed by atoms with E-state index in [0.29, 0.717) is 6.54 Å². The summed E-state index contributed by atoms with van der Waals surface area (Å²) in [4.78, 5) is 1.34. The highest BCUT2D eigenvalue weighted by Gasteiger charge is 2.04. The molecule has 0 saturated heterocycles. The molecule has 0 amide bonds. The summed E-state index contributed by atoms with van der Waals surface area (Å²) >= 11 is 1.74. The molecule has 4 heteroatoms. The molecule has 0 radical (unpaired) electrons. The van der Waals surface area contributed by atoms with E-state index in [1.807, 2.05) is 6.07 Å². The maximum atomic E-state index is 13.2. The fraction of sp³-hybridized carbons (Fsp3) is 0.267. The first kappa shape index (κ1) is 13.7. The van der Waals surface area contributed by atoms with E-state index in [-0.39, 0.29) is 5.56 Å². The van der Waals surface area contributed by atoms with E-state index in [1.165, 1.54) is 16.5 Å². The van der Waals surface area contributed by atoms with Crippen molar-refractivity contribution in [2.75, 3.05) is 0 Å². The highest BCUT2D eigenvalue weighted by molar-refractivity contribution is 7.10. The summed E-state index contributed by atoms with van der Waals surface area (Å²) in [5.74, 6) is -0.460. The summed E-state index contributed by atoms with van der Waals surface area (Å²) in [5.41, 5.74) is 2.39. The lowest BCUT2D eigenvalue weighted by molar-refractivity contribution is 0.621. The number of aryl methyl sites for hydroxylation is 1. The van der Waals surface area contributed by atoms with Crippen molar-refractivity contribution in [3.8, 4) is 6.07 Å². The first-order chi connectivity index (χ1) is 9.24. The molecule has 0 bridgehead atoms. The monoisotopic (exact) mass is 274 g/mol. The molecule has 0 aliphatic heterocycles. The van der Waals surface area contributed by atoms with E-state index in [4.69, 9.17) is 5.26 Å². The zero-order valence-corrected chi connectivity index (χ0v) is 11.6. The maximum Gasteiger partial charge on any atom is 0.140 e. The second-order valence-electron chi connectivity index (χ2n) is 4.25. The van der Waals surface area contributed by atoms with Gasteiger partial charge in [-0.1, -0.05) is 13.0 Å². The van der Waals surface area contributed by atoms with Gasteiger partial charge in [0, 0.05) is 18.0 Å². The van der Waals surface area contributed by atoms with E-state index in [0.717, 1.165) is 18.5 Å². The van der Waals surface area contributed by atoms with Crippen molar-refractivity contribution in [1.82, 2.24) is 5.32 Å². The van der Waals surface area contributed by atoms with Gasteiger partial charge in [0.05, 0.1) is 5.56 Å². The molecule has 1 N–H and O–H groups in total. The van der Waals surface area contributed by atoms with Gasteiger partial charge < -0.3 is 5.32 Å². The Morgan fingerprint density at radius 2 is 2.16 bits per heavy atom. The largest absolute Gasteiger partial charge is 0.308 e. The molecular weight excluding hydrogens is 259 g/mol. The fourth-order valence-electron chi connectivity index (χ4n) is 1.93. The highest BCUT2D eigenvalue weighted by atomic mass is 32.1. The van der Waals surface area contributed by atoms with E-state index in [2.05, 4.69) is 23.7 Å². The topological polar surface area (TPSA) is 35.8 Å². The molecule has 0 aliphatic carbocycles. The number of rotatable bonds is 5. The lowest BCUT2D eigenvalue weighted by Gasteiger charge is -2.06. The van der Waals surface area contributed by atoms with Crippen LogP contribution in [0.1, 0.15) is 28.5 Å². The number of nitrogens with zero attached hydrogens (tertiary/aromatic N) is 1. The van der Waals surface area contributed by atoms with Crippen LogP contribution in [-0.4, -0.2) is 0 Å². The van der Waals surface area contributed by atoms with Gasteiger partial charge in [0.25, 0.3) is 0 Å². The molecule has 19 heavy (non-hydrogen) atoms. The summed E-state index contributed by atoms with van der Waals surface area (Å²) in [6, 6.07) is 8.65. The van der Waals surface area contributed by atoms with Crippen LogP contribution in [0.4, 0.5) is 4.39 Å². The quantitative estimate of drug-likeness (QED) is 0.904. The highest BCUT2D eigenvalue weighted by Crippen LogP contribution is 2.17. The van der Waals surface area contributed by atoms with Gasteiger partial charge >= 0.3 is 0 Å². The third-order valence-corrected chi connectivity index (χ3v) is 3.95. The standard InChI is InChI=1S/C15H15FN2S/c1-2-12-5-6-19-15(12)10-18-9-11-3-4-14(16)13(7-11)8-17/h3-7,18H,2,9-10H2,1H3. The van der Waals surface area contributed by atoms with Gasteiger partial charge in [0.2, 0.25) is 0 Å². The molecule has 0 aliphatic rings. The van der Waals surface area contributed by atoms with Crippen LogP contribution >= 0.6 is 11.3 Å². The van der Waals surface area contributed by atoms with Gasteiger partial charge in [-0.05, 0) is 41.1 Å². The zero-order chi connectivity index (χ0) is 13.7. The SMILES string of the molecule is CCc1ccsc1CNCc1ccc(F)c(C#N)c1. The Morgan fingerprint density at radius 1 is 1.32 bits per heavy atom. The molecule has 2 rings (SSSR count). The number of hydrogen-bond donors (Lipinski definition) is 1. The van der Waals surface area contributed by atoms with Crippen LogP contribution < -0.4 is 5.32 Å². The summed E-state index contributed by atoms with van der Waals surface area (Å²) in [5, 5.41) is 14.2. The van der Waals surface area contributed by atoms with Crippen molar-refractivity contribution in [3.05, 3.63) is 57.0 Å². The van der Waals surface area contributed by atoms with Crippen LogP contribution in [0, 0.1) is 17.1 Å². The van der Waals surface area contributed by atoms with E-state index < -0.39 is 5.82 Å². The molecule has 0 fully saturated rings. The Bertz CT molecular complexity index is 598. The number of nitrogens with one attached hydrogen (secondary N) is 1. The van der Waals surface area contributed by atoms with E-state index in [1.54, 1.807) is 23.5 Å². The molecule has 2 aromatic rings. The minimum Gasteiger partial charge on any atom is -0.308 e. The molecule has 0 spiro atoms. The number of halogens is 1. The van der Waals surface area contributed by atoms with Gasteiger partial charge in [0.1, 0.15) is 11.9 Å². The van der Waals surface area contributed by atoms with Gasteiger partial charge in [-0.2, -0.15) is 5.26 Å². The van der Waals surface area contributed by atoms with Crippen LogP contribution in [0.15, 0.2) is 29.6 Å². The molecule has 98 valence electrons. The lowest BCUT2D eigenvalue weighted by Crippen LogP contribution is -2.13. The van der Waals surface area contributed by atoms with E-state index in [9.17, 15) is 4.39 Å². The molecule has 0 atom stereocenters. The number of benzene rings is 1. The second-order valence-corrected chi connectivity index (χ2v) is 5.25. The molecule has 0 unspecified atom stereocenters. The first-order valence-electron chi connectivity index (χ1n) is 6.19. The Balaban J connectivity index is 1.95. The molecular formula is C15H15FN2S. The minimum atomic E-state index is -0.460. The second kappa shape index (κ2) is 6.46. The Labute approximate surface area is 116 Å². The smallest absolute Gasteiger partial charge is 0.140 e. The van der Waals surface area contributed by atoms with Crippen molar-refractivity contribution in [1.29, 1.82) is 5.26 Å². The van der Waals surface area contributed by atoms with Crippen molar-refractivity contribution < 1.29 is 4.39 Å². The predicted octanol–water partition coefficient (Wildman–Crippen LogP) is 3.61. The maximum absolute atomic E-state index is 13.2. The van der Waals surface area contributed by atoms with Gasteiger partial charge in [0.15, 0.2) is 0 Å². The third kappa shape index (κ3) is 3.40. The van der Waals surface area contributed by atoms with E-state index >= 15 is 0 Å². The Morgan fingerprint density at radius 3 is 2.89 bits per heavy atom. The predicted molar refractivity (Wildman–Crippen MR) is 75.4 cm³/mol. The molecule has 1 aromatic heterocycles. The summed E-state index contributed by atoms with van der Waals surface area (Å²) < 4.78 is 13.2. The lowest BCUT2D eigenvalue weighted by atomic mass is 10.1. The van der Waals surface area contributed by atoms with Crippen molar-refractivity contribution in [2.24, 2.45) is 0 Å². The number of thiophene rings is 1. The van der Waals surface area contributed by atoms with Crippen LogP contribution in [0.2, 0.25) is 0 Å². The van der Waals surface area contributed by atoms with Crippen LogP contribution in [0.25, 0.3) is 0 Å². The summed E-state index contributed by atoms with van der Waals surface area (Å²) in [7, 11) is 0. The van der Waals surface area contributed by atoms with Crippen LogP contribution in [0.3, 0.4) is 0 Å². The zero-order valence-electron chi connectivity index (χ0n) is 10.7. The fourth-order valence-corrected chi connectivity index (χ4v) is 2.87. The van der Waals surface area contributed by atoms with Crippen molar-refractivity contribution >= 4 is 11.3 Å². The Kier molecular flexibility index (Phi) is 4.67. The average Bonchev–Trinajstić information content (AvgIpc) is 2.88. The molecule has 2 nitrogen and oxygen atoms in total. The third-order valence-electron chi connectivity index (χ3n) is 2.98. The van der Waals surface area contributed by atoms with Gasteiger partial charge in [-0.3, -0.25) is 0 Å². The molecule has 1 aromatic carbocycles. The Hall–Kier alpha value is -1.70. The summed E-state index contributed by atoms with van der Waals surface area (Å²) in [6.45, 7) is 3.58. The van der Waals surface area contributed by atoms with Crippen molar-refractivity contribution in [2.45, 2.75) is 26.4 Å². The van der Waals surface area contributed by atoms with Gasteiger partial charge in [-0.25, -0.2) is 4.39 Å². The summed E-state index contributed by atoms with van der Waals surface area (Å²) in [6.07, 6.45) is 1.04. The molecule has 1 heterocycles. The first-order valence-corrected chi connectivity index (χ1v) is 7.07. The normalized spacial score (nSPS) is 10.4. The van der Waals surface area contributed by atoms with Crippen molar-refractivity contribution in [3.63, 3.8) is 0 Å².